The molecule has 0 aliphatic carbocycles. The van der Waals surface area contributed by atoms with Crippen LogP contribution in [0.15, 0.2) is 24.3 Å². The first-order valence-electron chi connectivity index (χ1n) is 7.69. The molecule has 2 rings (SSSR count). The Bertz CT molecular complexity index is 499. The molecule has 3 N–H and O–H groups in total. The maximum atomic E-state index is 12.7. The van der Waals surface area contributed by atoms with Gasteiger partial charge in [0.25, 0.3) is 5.91 Å². The lowest BCUT2D eigenvalue weighted by atomic mass is 10.2. The SMILES string of the molecule is O=C(CCCNC(=O)c1ccc(F)cc1)NCC1CCCN1. The van der Waals surface area contributed by atoms with E-state index in [0.717, 1.165) is 19.4 Å². The standard InChI is InChI=1S/C16H22FN3O2/c17-13-7-5-12(6-8-13)16(22)19-10-2-4-15(21)20-11-14-3-1-9-18-14/h5-8,14,18H,1-4,9-11H2,(H,19,22)(H,20,21). The van der Waals surface area contributed by atoms with E-state index in [9.17, 15) is 14.0 Å². The van der Waals surface area contributed by atoms with Crippen molar-refractivity contribution in [3.8, 4) is 0 Å². The van der Waals surface area contributed by atoms with E-state index in [1.165, 1.54) is 24.3 Å². The first-order chi connectivity index (χ1) is 10.6. The van der Waals surface area contributed by atoms with Gasteiger partial charge in [-0.1, -0.05) is 0 Å². The van der Waals surface area contributed by atoms with Gasteiger partial charge in [-0.05, 0) is 50.1 Å². The number of rotatable bonds is 7. The van der Waals surface area contributed by atoms with Crippen molar-refractivity contribution in [1.82, 2.24) is 16.0 Å². The third-order valence-electron chi connectivity index (χ3n) is 3.68. The van der Waals surface area contributed by atoms with Gasteiger partial charge in [-0.3, -0.25) is 9.59 Å². The van der Waals surface area contributed by atoms with Gasteiger partial charge in [0.15, 0.2) is 0 Å². The Labute approximate surface area is 129 Å². The average Bonchev–Trinajstić information content (AvgIpc) is 3.03. The van der Waals surface area contributed by atoms with Gasteiger partial charge in [0.1, 0.15) is 5.82 Å². The molecule has 2 amide bonds. The number of benzene rings is 1. The van der Waals surface area contributed by atoms with E-state index >= 15 is 0 Å². The fourth-order valence-corrected chi connectivity index (χ4v) is 2.41. The Morgan fingerprint density at radius 2 is 2.00 bits per heavy atom. The van der Waals surface area contributed by atoms with Crippen LogP contribution >= 0.6 is 0 Å². The van der Waals surface area contributed by atoms with Gasteiger partial charge in [0.05, 0.1) is 0 Å². The average molecular weight is 307 g/mol. The Hall–Kier alpha value is -1.95. The second kappa shape index (κ2) is 8.48. The number of halogens is 1. The fourth-order valence-electron chi connectivity index (χ4n) is 2.41. The van der Waals surface area contributed by atoms with Crippen molar-refractivity contribution in [3.63, 3.8) is 0 Å². The van der Waals surface area contributed by atoms with Gasteiger partial charge in [0, 0.05) is 31.1 Å². The number of amides is 2. The normalized spacial score (nSPS) is 17.2. The van der Waals surface area contributed by atoms with Crippen LogP contribution < -0.4 is 16.0 Å². The van der Waals surface area contributed by atoms with E-state index in [4.69, 9.17) is 0 Å². The van der Waals surface area contributed by atoms with Crippen molar-refractivity contribution in [2.24, 2.45) is 0 Å². The molecule has 22 heavy (non-hydrogen) atoms. The van der Waals surface area contributed by atoms with Crippen molar-refractivity contribution < 1.29 is 14.0 Å². The number of nitrogens with one attached hydrogen (secondary N) is 3. The highest BCUT2D eigenvalue weighted by molar-refractivity contribution is 5.94. The minimum absolute atomic E-state index is 0.00438. The molecule has 0 bridgehead atoms. The summed E-state index contributed by atoms with van der Waals surface area (Å²) in [6.45, 7) is 2.11. The van der Waals surface area contributed by atoms with Crippen LogP contribution in [0.2, 0.25) is 0 Å². The first-order valence-corrected chi connectivity index (χ1v) is 7.69. The Balaban J connectivity index is 1.57. The molecular formula is C16H22FN3O2. The topological polar surface area (TPSA) is 70.2 Å². The molecule has 1 aromatic carbocycles. The highest BCUT2D eigenvalue weighted by atomic mass is 19.1. The second-order valence-corrected chi connectivity index (χ2v) is 5.46. The van der Waals surface area contributed by atoms with Crippen LogP contribution in [0.25, 0.3) is 0 Å². The van der Waals surface area contributed by atoms with Crippen molar-refractivity contribution in [2.75, 3.05) is 19.6 Å². The van der Waals surface area contributed by atoms with Gasteiger partial charge in [0.2, 0.25) is 5.91 Å². The molecule has 120 valence electrons. The summed E-state index contributed by atoms with van der Waals surface area (Å²) in [5.41, 5.74) is 0.415. The molecule has 1 unspecified atom stereocenters. The molecule has 0 spiro atoms. The monoisotopic (exact) mass is 307 g/mol. The lowest BCUT2D eigenvalue weighted by molar-refractivity contribution is -0.121. The maximum absolute atomic E-state index is 12.7. The zero-order valence-corrected chi connectivity index (χ0v) is 12.5. The summed E-state index contributed by atoms with van der Waals surface area (Å²) >= 11 is 0. The van der Waals surface area contributed by atoms with E-state index in [1.54, 1.807) is 0 Å². The van der Waals surface area contributed by atoms with Crippen molar-refractivity contribution >= 4 is 11.8 Å². The first kappa shape index (κ1) is 16.4. The summed E-state index contributed by atoms with van der Waals surface area (Å²) in [6, 6.07) is 5.76. The zero-order valence-electron chi connectivity index (χ0n) is 12.5. The van der Waals surface area contributed by atoms with E-state index in [-0.39, 0.29) is 17.6 Å². The van der Waals surface area contributed by atoms with Crippen LogP contribution in [0, 0.1) is 5.82 Å². The molecule has 1 aromatic rings. The van der Waals surface area contributed by atoms with E-state index in [1.807, 2.05) is 0 Å². The lowest BCUT2D eigenvalue weighted by Crippen LogP contribution is -2.37. The molecule has 1 aliphatic heterocycles. The van der Waals surface area contributed by atoms with Gasteiger partial charge in [-0.25, -0.2) is 4.39 Å². The molecule has 0 aromatic heterocycles. The Morgan fingerprint density at radius 1 is 1.23 bits per heavy atom. The molecule has 1 saturated heterocycles. The number of carbonyl (C=O) groups is 2. The van der Waals surface area contributed by atoms with Crippen LogP contribution in [-0.4, -0.2) is 37.5 Å². The van der Waals surface area contributed by atoms with Crippen molar-refractivity contribution in [1.29, 1.82) is 0 Å². The van der Waals surface area contributed by atoms with E-state index in [0.29, 0.717) is 37.5 Å². The van der Waals surface area contributed by atoms with Gasteiger partial charge >= 0.3 is 0 Å². The minimum atomic E-state index is -0.370. The van der Waals surface area contributed by atoms with Gasteiger partial charge in [-0.2, -0.15) is 0 Å². The summed E-state index contributed by atoms with van der Waals surface area (Å²) < 4.78 is 12.7. The van der Waals surface area contributed by atoms with Crippen molar-refractivity contribution in [2.45, 2.75) is 31.7 Å². The molecule has 1 fully saturated rings. The smallest absolute Gasteiger partial charge is 0.251 e. The Kier molecular flexibility index (Phi) is 6.33. The molecule has 0 saturated carbocycles. The Morgan fingerprint density at radius 3 is 2.68 bits per heavy atom. The van der Waals surface area contributed by atoms with Crippen LogP contribution in [0.5, 0.6) is 0 Å². The molecular weight excluding hydrogens is 285 g/mol. The molecule has 1 atom stereocenters. The summed E-state index contributed by atoms with van der Waals surface area (Å²) in [6.07, 6.45) is 3.23. The third kappa shape index (κ3) is 5.44. The van der Waals surface area contributed by atoms with Crippen LogP contribution in [-0.2, 0) is 4.79 Å². The predicted molar refractivity (Wildman–Crippen MR) is 82.0 cm³/mol. The molecule has 1 aliphatic rings. The molecule has 6 heteroatoms. The number of hydrogen-bond acceptors (Lipinski definition) is 3. The highest BCUT2D eigenvalue weighted by Gasteiger charge is 2.14. The predicted octanol–water partition coefficient (Wildman–Crippen LogP) is 1.20. The summed E-state index contributed by atoms with van der Waals surface area (Å²) in [4.78, 5) is 23.4. The second-order valence-electron chi connectivity index (χ2n) is 5.46. The maximum Gasteiger partial charge on any atom is 0.251 e. The molecule has 5 nitrogen and oxygen atoms in total. The van der Waals surface area contributed by atoms with Gasteiger partial charge < -0.3 is 16.0 Å². The summed E-state index contributed by atoms with van der Waals surface area (Å²) in [5.74, 6) is -0.620. The number of hydrogen-bond donors (Lipinski definition) is 3. The quantitative estimate of drug-likeness (QED) is 0.663. The van der Waals surface area contributed by atoms with Gasteiger partial charge in [-0.15, -0.1) is 0 Å². The van der Waals surface area contributed by atoms with Crippen LogP contribution in [0.3, 0.4) is 0 Å². The number of carbonyl (C=O) groups excluding carboxylic acids is 2. The lowest BCUT2D eigenvalue weighted by Gasteiger charge is -2.11. The minimum Gasteiger partial charge on any atom is -0.355 e. The van der Waals surface area contributed by atoms with Crippen LogP contribution in [0.4, 0.5) is 4.39 Å². The third-order valence-corrected chi connectivity index (χ3v) is 3.68. The summed E-state index contributed by atoms with van der Waals surface area (Å²) in [7, 11) is 0. The summed E-state index contributed by atoms with van der Waals surface area (Å²) in [5, 5.41) is 8.93. The van der Waals surface area contributed by atoms with Crippen LogP contribution in [0.1, 0.15) is 36.0 Å². The molecule has 0 radical (unpaired) electrons. The zero-order chi connectivity index (χ0) is 15.8. The highest BCUT2D eigenvalue weighted by Crippen LogP contribution is 2.04. The fraction of sp³-hybridized carbons (Fsp3) is 0.500. The largest absolute Gasteiger partial charge is 0.355 e. The van der Waals surface area contributed by atoms with E-state index in [2.05, 4.69) is 16.0 Å². The van der Waals surface area contributed by atoms with Crippen molar-refractivity contribution in [3.05, 3.63) is 35.6 Å². The molecule has 1 heterocycles. The van der Waals surface area contributed by atoms with E-state index < -0.39 is 0 Å².